The first kappa shape index (κ1) is 23.7. The van der Waals surface area contributed by atoms with Crippen LogP contribution in [0.2, 0.25) is 0 Å². The van der Waals surface area contributed by atoms with Crippen LogP contribution in [0, 0.1) is 6.92 Å². The molecule has 9 heteroatoms. The summed E-state index contributed by atoms with van der Waals surface area (Å²) in [5, 5.41) is 0. The lowest BCUT2D eigenvalue weighted by Crippen LogP contribution is -2.45. The van der Waals surface area contributed by atoms with E-state index in [1.54, 1.807) is 36.4 Å². The van der Waals surface area contributed by atoms with Gasteiger partial charge in [-0.15, -0.1) is 0 Å². The number of piperidine rings is 1. The topological polar surface area (TPSA) is 92.8 Å². The number of hydrogen-bond donors (Lipinski definition) is 1. The fraction of sp³-hybridized carbons (Fsp3) is 0.455. The Morgan fingerprint density at radius 3 is 2.26 bits per heavy atom. The molecule has 0 unspecified atom stereocenters. The average molecular weight is 467 g/mol. The number of nitrogens with zero attached hydrogens (tertiary/aromatic N) is 1. The molecule has 1 saturated heterocycles. The molecule has 1 heterocycles. The van der Waals surface area contributed by atoms with Gasteiger partial charge >= 0.3 is 0 Å². The first-order chi connectivity index (χ1) is 14.7. The summed E-state index contributed by atoms with van der Waals surface area (Å²) in [4.78, 5) is 0.434. The maximum absolute atomic E-state index is 13.2. The van der Waals surface area contributed by atoms with Crippen molar-refractivity contribution in [3.05, 3.63) is 54.1 Å². The summed E-state index contributed by atoms with van der Waals surface area (Å²) in [6.07, 6.45) is 2.87. The molecule has 0 bridgehead atoms. The van der Waals surface area contributed by atoms with Crippen molar-refractivity contribution in [2.24, 2.45) is 0 Å². The third-order valence-electron chi connectivity index (χ3n) is 5.42. The van der Waals surface area contributed by atoms with Gasteiger partial charge in [0, 0.05) is 19.1 Å². The molecule has 0 aliphatic carbocycles. The highest BCUT2D eigenvalue weighted by molar-refractivity contribution is 7.89. The molecule has 0 amide bonds. The summed E-state index contributed by atoms with van der Waals surface area (Å²) < 4.78 is 61.0. The Kier molecular flexibility index (Phi) is 7.74. The van der Waals surface area contributed by atoms with Crippen LogP contribution in [0.25, 0.3) is 0 Å². The van der Waals surface area contributed by atoms with Crippen LogP contribution in [0.4, 0.5) is 0 Å². The molecule has 0 radical (unpaired) electrons. The van der Waals surface area contributed by atoms with Crippen LogP contribution < -0.4 is 9.46 Å². The van der Waals surface area contributed by atoms with Crippen LogP contribution in [-0.4, -0.2) is 46.9 Å². The predicted molar refractivity (Wildman–Crippen MR) is 120 cm³/mol. The molecule has 2 aromatic carbocycles. The van der Waals surface area contributed by atoms with Crippen molar-refractivity contribution in [2.45, 2.75) is 55.4 Å². The smallest absolute Gasteiger partial charge is 0.243 e. The number of sulfonamides is 2. The van der Waals surface area contributed by atoms with E-state index in [9.17, 15) is 16.8 Å². The molecule has 1 aliphatic heterocycles. The van der Waals surface area contributed by atoms with Crippen molar-refractivity contribution >= 4 is 20.0 Å². The first-order valence-corrected chi connectivity index (χ1v) is 13.5. The quantitative estimate of drug-likeness (QED) is 0.612. The van der Waals surface area contributed by atoms with E-state index in [1.165, 1.54) is 16.4 Å². The Hall–Kier alpha value is -1.94. The Bertz CT molecular complexity index is 1070. The molecule has 1 atom stereocenters. The number of aryl methyl sites for hydroxylation is 1. The number of nitrogens with one attached hydrogen (secondary N) is 1. The van der Waals surface area contributed by atoms with Gasteiger partial charge in [0.05, 0.1) is 16.4 Å². The lowest BCUT2D eigenvalue weighted by atomic mass is 10.0. The maximum Gasteiger partial charge on any atom is 0.243 e. The van der Waals surface area contributed by atoms with E-state index in [0.717, 1.165) is 24.8 Å². The molecule has 0 spiro atoms. The summed E-state index contributed by atoms with van der Waals surface area (Å²) in [5.74, 6) is 0.612. The van der Waals surface area contributed by atoms with Crippen molar-refractivity contribution in [3.63, 3.8) is 0 Å². The molecule has 1 aliphatic rings. The van der Waals surface area contributed by atoms with E-state index < -0.39 is 20.0 Å². The van der Waals surface area contributed by atoms with Crippen molar-refractivity contribution in [1.29, 1.82) is 0 Å². The molecule has 7 nitrogen and oxygen atoms in total. The van der Waals surface area contributed by atoms with Gasteiger partial charge in [0.1, 0.15) is 5.75 Å². The summed E-state index contributed by atoms with van der Waals surface area (Å²) in [6, 6.07) is 12.8. The van der Waals surface area contributed by atoms with Gasteiger partial charge in [-0.25, -0.2) is 21.6 Å². The Labute approximate surface area is 185 Å². The van der Waals surface area contributed by atoms with Gasteiger partial charge in [-0.2, -0.15) is 4.31 Å². The van der Waals surface area contributed by atoms with E-state index in [4.69, 9.17) is 4.74 Å². The second-order valence-corrected chi connectivity index (χ2v) is 11.3. The monoisotopic (exact) mass is 466 g/mol. The lowest BCUT2D eigenvalue weighted by Gasteiger charge is -2.34. The molecule has 2 aromatic rings. The van der Waals surface area contributed by atoms with Crippen LogP contribution in [0.15, 0.2) is 58.3 Å². The van der Waals surface area contributed by atoms with Crippen LogP contribution in [0.5, 0.6) is 5.75 Å². The zero-order chi connectivity index (χ0) is 22.5. The van der Waals surface area contributed by atoms with Crippen LogP contribution in [0.1, 0.15) is 38.2 Å². The molecular formula is C22H30N2O5S2. The van der Waals surface area contributed by atoms with Gasteiger partial charge in [0.15, 0.2) is 0 Å². The summed E-state index contributed by atoms with van der Waals surface area (Å²) in [7, 11) is -7.29. The van der Waals surface area contributed by atoms with Gasteiger partial charge in [-0.3, -0.25) is 0 Å². The highest BCUT2D eigenvalue weighted by atomic mass is 32.2. The van der Waals surface area contributed by atoms with E-state index >= 15 is 0 Å². The number of benzene rings is 2. The van der Waals surface area contributed by atoms with Crippen LogP contribution >= 0.6 is 0 Å². The summed E-state index contributed by atoms with van der Waals surface area (Å²) in [6.45, 7) is 4.90. The zero-order valence-corrected chi connectivity index (χ0v) is 19.6. The average Bonchev–Trinajstić information content (AvgIpc) is 2.75. The minimum absolute atomic E-state index is 0.156. The van der Waals surface area contributed by atoms with Crippen molar-refractivity contribution in [3.8, 4) is 5.75 Å². The normalized spacial score (nSPS) is 18.1. The second kappa shape index (κ2) is 10.1. The largest absolute Gasteiger partial charge is 0.494 e. The van der Waals surface area contributed by atoms with Crippen LogP contribution in [-0.2, 0) is 20.0 Å². The van der Waals surface area contributed by atoms with Gasteiger partial charge in [0.25, 0.3) is 0 Å². The highest BCUT2D eigenvalue weighted by Crippen LogP contribution is 2.27. The van der Waals surface area contributed by atoms with Gasteiger partial charge < -0.3 is 4.74 Å². The standard InChI is InChI=1S/C22H30N2O5S2/c1-3-29-20-9-13-21(14-10-20)30(25,26)23-16-15-19-6-4-5-17-24(19)31(27,28)22-11-7-18(2)8-12-22/h7-14,19,23H,3-6,15-17H2,1-2H3/t19-/m0/s1. The fourth-order valence-electron chi connectivity index (χ4n) is 3.75. The molecule has 1 N–H and O–H groups in total. The maximum atomic E-state index is 13.2. The number of rotatable bonds is 9. The highest BCUT2D eigenvalue weighted by Gasteiger charge is 2.33. The molecular weight excluding hydrogens is 436 g/mol. The number of hydrogen-bond acceptors (Lipinski definition) is 5. The Balaban J connectivity index is 1.65. The summed E-state index contributed by atoms with van der Waals surface area (Å²) in [5.41, 5.74) is 0.998. The second-order valence-electron chi connectivity index (χ2n) is 7.67. The van der Waals surface area contributed by atoms with Crippen molar-refractivity contribution in [1.82, 2.24) is 9.03 Å². The molecule has 170 valence electrons. The fourth-order valence-corrected chi connectivity index (χ4v) is 6.52. The Morgan fingerprint density at radius 2 is 1.61 bits per heavy atom. The van der Waals surface area contributed by atoms with E-state index in [-0.39, 0.29) is 22.4 Å². The lowest BCUT2D eigenvalue weighted by molar-refractivity contribution is 0.242. The summed E-state index contributed by atoms with van der Waals surface area (Å²) >= 11 is 0. The van der Waals surface area contributed by atoms with Crippen LogP contribution in [0.3, 0.4) is 0 Å². The molecule has 1 fully saturated rings. The zero-order valence-electron chi connectivity index (χ0n) is 18.0. The Morgan fingerprint density at radius 1 is 0.968 bits per heavy atom. The minimum atomic E-state index is -3.68. The molecule has 31 heavy (non-hydrogen) atoms. The molecule has 0 aromatic heterocycles. The SMILES string of the molecule is CCOc1ccc(S(=O)(=O)NCC[C@@H]2CCCCN2S(=O)(=O)c2ccc(C)cc2)cc1. The third kappa shape index (κ3) is 5.85. The first-order valence-electron chi connectivity index (χ1n) is 10.5. The van der Waals surface area contributed by atoms with Gasteiger partial charge in [0.2, 0.25) is 20.0 Å². The van der Waals surface area contributed by atoms with Crippen molar-refractivity contribution in [2.75, 3.05) is 19.7 Å². The van der Waals surface area contributed by atoms with Crippen molar-refractivity contribution < 1.29 is 21.6 Å². The number of ether oxygens (including phenoxy) is 1. The molecule has 3 rings (SSSR count). The predicted octanol–water partition coefficient (Wildman–Crippen LogP) is 3.31. The van der Waals surface area contributed by atoms with E-state index in [0.29, 0.717) is 25.3 Å². The molecule has 0 saturated carbocycles. The third-order valence-corrected chi connectivity index (χ3v) is 8.86. The van der Waals surface area contributed by atoms with E-state index in [1.807, 2.05) is 13.8 Å². The minimum Gasteiger partial charge on any atom is -0.494 e. The van der Waals surface area contributed by atoms with E-state index in [2.05, 4.69) is 4.72 Å². The van der Waals surface area contributed by atoms with Gasteiger partial charge in [-0.1, -0.05) is 24.1 Å². The van der Waals surface area contributed by atoms with Gasteiger partial charge in [-0.05, 0) is 69.5 Å².